The molecule has 5 rings (SSSR count). The topological polar surface area (TPSA) is 50.2 Å². The summed E-state index contributed by atoms with van der Waals surface area (Å²) in [6.07, 6.45) is 3.44. The van der Waals surface area contributed by atoms with Gasteiger partial charge in [-0.1, -0.05) is 148 Å². The van der Waals surface area contributed by atoms with E-state index in [1.54, 1.807) is 0 Å². The van der Waals surface area contributed by atoms with Crippen LogP contribution in [0.4, 0.5) is 0 Å². The van der Waals surface area contributed by atoms with E-state index in [4.69, 9.17) is 4.98 Å². The average Bonchev–Trinajstić information content (AvgIpc) is 3.39. The fraction of sp³-hybridized carbons (Fsp3) is 0.458. The summed E-state index contributed by atoms with van der Waals surface area (Å²) in [6, 6.07) is 27.2. The molecule has 0 atom stereocenters. The third-order valence-corrected chi connectivity index (χ3v) is 13.2. The van der Waals surface area contributed by atoms with Gasteiger partial charge in [0, 0.05) is 67.6 Å². The number of thiophene rings is 1. The SMILES string of the molecule is CC(C)C(C(=O)/C=C(\O)C(C(C)C)C(C)C)C(C)C.Cc1c(-c2ccc(C[Si](C)(C)C)cc2)sc2c(-c3[c-]c4ccccc4c(C(C)C)c3)nccc12.[Ir]. The number of hydrogen-bond donors (Lipinski definition) is 1. The average molecular weight is 939 g/mol. The summed E-state index contributed by atoms with van der Waals surface area (Å²) in [5.41, 5.74) is 7.58. The number of fused-ring (bicyclic) bond motifs is 2. The molecule has 293 valence electrons. The number of hydrogen-bond acceptors (Lipinski definition) is 4. The van der Waals surface area contributed by atoms with Crippen LogP contribution in [0.5, 0.6) is 0 Å². The summed E-state index contributed by atoms with van der Waals surface area (Å²) in [5.74, 6) is 2.07. The summed E-state index contributed by atoms with van der Waals surface area (Å²) >= 11 is 1.86. The molecule has 0 spiro atoms. The van der Waals surface area contributed by atoms with Crippen molar-refractivity contribution in [3.63, 3.8) is 0 Å². The van der Waals surface area contributed by atoms with Crippen molar-refractivity contribution >= 4 is 46.1 Å². The molecule has 6 heteroatoms. The van der Waals surface area contributed by atoms with E-state index in [1.807, 2.05) is 17.5 Å². The molecule has 0 amide bonds. The van der Waals surface area contributed by atoms with Gasteiger partial charge >= 0.3 is 0 Å². The van der Waals surface area contributed by atoms with Gasteiger partial charge in [0.05, 0.1) is 5.76 Å². The first-order valence-electron chi connectivity index (χ1n) is 19.7. The smallest absolute Gasteiger partial charge is 0.162 e. The van der Waals surface area contributed by atoms with Crippen molar-refractivity contribution in [3.8, 4) is 21.7 Å². The monoisotopic (exact) mass is 939 g/mol. The number of pyridine rings is 1. The largest absolute Gasteiger partial charge is 0.512 e. The number of nitrogens with zero attached hydrogens (tertiary/aromatic N) is 1. The molecule has 0 unspecified atom stereocenters. The maximum atomic E-state index is 12.3. The zero-order chi connectivity index (χ0) is 39.4. The third-order valence-electron chi connectivity index (χ3n) is 10.3. The zero-order valence-corrected chi connectivity index (χ0v) is 39.4. The molecule has 3 aromatic carbocycles. The second-order valence-electron chi connectivity index (χ2n) is 17.9. The molecule has 1 radical (unpaired) electrons. The molecule has 3 nitrogen and oxygen atoms in total. The van der Waals surface area contributed by atoms with Crippen LogP contribution in [0.25, 0.3) is 42.6 Å². The normalized spacial score (nSPS) is 12.5. The molecule has 0 saturated carbocycles. The quantitative estimate of drug-likeness (QED) is 0.0587. The number of allylic oxidation sites excluding steroid dienone is 2. The molecule has 0 aliphatic heterocycles. The van der Waals surface area contributed by atoms with Gasteiger partial charge in [0.15, 0.2) is 5.78 Å². The molecule has 2 heterocycles. The Kier molecular flexibility index (Phi) is 16.3. The Balaban J connectivity index is 0.000000338. The van der Waals surface area contributed by atoms with Gasteiger partial charge in [0.25, 0.3) is 0 Å². The number of carbonyl (C=O) groups excluding carboxylic acids is 1. The van der Waals surface area contributed by atoms with Crippen molar-refractivity contribution < 1.29 is 30.0 Å². The first-order valence-corrected chi connectivity index (χ1v) is 24.2. The van der Waals surface area contributed by atoms with E-state index in [0.29, 0.717) is 29.6 Å². The molecule has 1 N–H and O–H groups in total. The number of ketones is 1. The molecule has 0 aliphatic rings. The first-order chi connectivity index (χ1) is 24.8. The van der Waals surface area contributed by atoms with E-state index < -0.39 is 8.07 Å². The van der Waals surface area contributed by atoms with Gasteiger partial charge in [-0.25, -0.2) is 0 Å². The number of carbonyl (C=O) groups is 1. The number of aliphatic hydroxyl groups excluding tert-OH is 1. The van der Waals surface area contributed by atoms with E-state index in [2.05, 4.69) is 163 Å². The van der Waals surface area contributed by atoms with Gasteiger partial charge in [-0.15, -0.1) is 40.5 Å². The van der Waals surface area contributed by atoms with Crippen LogP contribution in [0.15, 0.2) is 78.7 Å². The number of benzene rings is 3. The van der Waals surface area contributed by atoms with Crippen LogP contribution in [-0.4, -0.2) is 23.9 Å². The Morgan fingerprint density at radius 1 is 0.815 bits per heavy atom. The second kappa shape index (κ2) is 19.3. The minimum atomic E-state index is -1.12. The van der Waals surface area contributed by atoms with Crippen molar-refractivity contribution in [1.29, 1.82) is 0 Å². The van der Waals surface area contributed by atoms with Crippen molar-refractivity contribution in [2.45, 2.75) is 108 Å². The van der Waals surface area contributed by atoms with Crippen molar-refractivity contribution in [2.24, 2.45) is 35.5 Å². The zero-order valence-electron chi connectivity index (χ0n) is 35.2. The predicted octanol–water partition coefficient (Wildman–Crippen LogP) is 14.3. The van der Waals surface area contributed by atoms with Crippen molar-refractivity contribution in [1.82, 2.24) is 4.98 Å². The Morgan fingerprint density at radius 3 is 1.93 bits per heavy atom. The van der Waals surface area contributed by atoms with Gasteiger partial charge in [-0.2, -0.15) is 0 Å². The van der Waals surface area contributed by atoms with Crippen LogP contribution >= 0.6 is 11.3 Å². The molecule has 0 fully saturated rings. The minimum Gasteiger partial charge on any atom is -0.512 e. The van der Waals surface area contributed by atoms with Crippen LogP contribution in [0, 0.1) is 48.5 Å². The number of aryl methyl sites for hydroxylation is 1. The summed E-state index contributed by atoms with van der Waals surface area (Å²) < 4.78 is 1.25. The molecular formula is C48H64IrNO2SSi-. The van der Waals surface area contributed by atoms with Gasteiger partial charge in [0.1, 0.15) is 0 Å². The summed E-state index contributed by atoms with van der Waals surface area (Å²) in [6.45, 7) is 30.7. The predicted molar refractivity (Wildman–Crippen MR) is 235 cm³/mol. The van der Waals surface area contributed by atoms with Gasteiger partial charge in [0.2, 0.25) is 0 Å². The van der Waals surface area contributed by atoms with Gasteiger partial charge in [-0.05, 0) is 65.1 Å². The standard InChI is InChI=1S/C31H32NSSi.C17H32O2.Ir/c1-20(2)28-18-25(17-24-9-7-8-10-27(24)28)29-31-26(15-16-32-29)21(3)30(33-31)23-13-11-22(12-14-23)19-34(4,5)6;1-10(2)16(11(3)4)14(18)9-15(19)17(12(5)6)13(7)8;/h7-16,18,20H,19H2,1-6H3;9-13,16-18H,1-8H3;/q-1;;/b;14-9-;. The molecular weight excluding hydrogens is 875 g/mol. The van der Waals surface area contributed by atoms with Crippen LogP contribution in [0.2, 0.25) is 19.6 Å². The maximum Gasteiger partial charge on any atom is 0.162 e. The summed E-state index contributed by atoms with van der Waals surface area (Å²) in [4.78, 5) is 18.6. The molecule has 0 saturated heterocycles. The van der Waals surface area contributed by atoms with Crippen LogP contribution in [0.3, 0.4) is 0 Å². The van der Waals surface area contributed by atoms with Gasteiger partial charge in [-0.3, -0.25) is 9.78 Å². The summed E-state index contributed by atoms with van der Waals surface area (Å²) in [5, 5.41) is 14.0. The van der Waals surface area contributed by atoms with Crippen LogP contribution in [0.1, 0.15) is 91.8 Å². The Labute approximate surface area is 345 Å². The number of aromatic nitrogens is 1. The summed E-state index contributed by atoms with van der Waals surface area (Å²) in [7, 11) is -1.12. The molecule has 54 heavy (non-hydrogen) atoms. The Bertz CT molecular complexity index is 2020. The molecule has 2 aromatic heterocycles. The second-order valence-corrected chi connectivity index (χ2v) is 24.4. The van der Waals surface area contributed by atoms with E-state index in [-0.39, 0.29) is 43.5 Å². The number of rotatable bonds is 12. The van der Waals surface area contributed by atoms with Crippen molar-refractivity contribution in [2.75, 3.05) is 0 Å². The van der Waals surface area contributed by atoms with E-state index >= 15 is 0 Å². The molecule has 5 aromatic rings. The fourth-order valence-corrected chi connectivity index (χ4v) is 10.9. The van der Waals surface area contributed by atoms with Crippen molar-refractivity contribution in [3.05, 3.63) is 101 Å². The van der Waals surface area contributed by atoms with Crippen LogP contribution < -0.4 is 0 Å². The molecule has 0 bridgehead atoms. The fourth-order valence-electron chi connectivity index (χ4n) is 8.08. The van der Waals surface area contributed by atoms with E-state index in [0.717, 1.165) is 16.6 Å². The Hall–Kier alpha value is -2.89. The van der Waals surface area contributed by atoms with Crippen LogP contribution in [-0.2, 0) is 30.9 Å². The molecule has 0 aliphatic carbocycles. The number of aliphatic hydroxyl groups is 1. The maximum absolute atomic E-state index is 12.3. The van der Waals surface area contributed by atoms with E-state index in [1.165, 1.54) is 54.7 Å². The third kappa shape index (κ3) is 11.1. The first kappa shape index (κ1) is 45.5. The Morgan fingerprint density at radius 2 is 1.39 bits per heavy atom. The van der Waals surface area contributed by atoms with E-state index in [9.17, 15) is 9.90 Å². The van der Waals surface area contributed by atoms with Gasteiger partial charge < -0.3 is 5.11 Å². The minimum absolute atomic E-state index is 0.